The van der Waals surface area contributed by atoms with Crippen LogP contribution in [0, 0.1) is 0 Å². The summed E-state index contributed by atoms with van der Waals surface area (Å²) in [5, 5.41) is 7.33. The average Bonchev–Trinajstić information content (AvgIpc) is 3.93. The average molecular weight is 766 g/mol. The molecule has 0 saturated carbocycles. The van der Waals surface area contributed by atoms with Crippen LogP contribution in [0.2, 0.25) is 0 Å². The highest BCUT2D eigenvalue weighted by molar-refractivity contribution is 7.27. The summed E-state index contributed by atoms with van der Waals surface area (Å²) >= 11 is 8.23. The molecule has 0 saturated heterocycles. The van der Waals surface area contributed by atoms with Gasteiger partial charge in [-0.2, -0.15) is 0 Å². The van der Waals surface area contributed by atoms with Crippen molar-refractivity contribution >= 4 is 93.9 Å². The second-order valence-corrected chi connectivity index (χ2v) is 14.9. The molecule has 2 heterocycles. The van der Waals surface area contributed by atoms with Crippen LogP contribution in [-0.4, -0.2) is 23.0 Å². The Hall–Kier alpha value is -5.81. The van der Waals surface area contributed by atoms with Gasteiger partial charge in [0.2, 0.25) is 0 Å². The molecule has 3 nitrogen and oxygen atoms in total. The third-order valence-electron chi connectivity index (χ3n) is 10.3. The van der Waals surface area contributed by atoms with E-state index in [2.05, 4.69) is 171 Å². The number of hydrogen-bond donors (Lipinski definition) is 0. The standard InChI is InChI=1S/C46H30ClN3S.C3H8.C2H6/c1-48-46(38-26-31-17-8-9-18-32(31)42(38)49-27-47)50-39-24-23-30(28-13-4-2-5-14-28)25-37(39)40-34-19-10-11-20-35(34)45-41(43(40)50)36-22-12-21-33(44(36)51-45)29-15-6-3-7-16-29;1-3-2;1-2/h2-25H,1,26-27H2;3H2,1-2H3;1-2H3/b46-38+,49-42-;;. The first-order chi connectivity index (χ1) is 27.7. The van der Waals surface area contributed by atoms with E-state index in [1.54, 1.807) is 0 Å². The maximum Gasteiger partial charge on any atom is 0.142 e. The molecule has 0 unspecified atom stereocenters. The molecular formula is C51H44ClN3S. The fraction of sp³-hybridized carbons (Fsp3) is 0.137. The fourth-order valence-electron chi connectivity index (χ4n) is 8.19. The summed E-state index contributed by atoms with van der Waals surface area (Å²) in [4.78, 5) is 9.76. The van der Waals surface area contributed by atoms with Crippen molar-refractivity contribution in [3.05, 3.63) is 162 Å². The number of halogens is 1. The van der Waals surface area contributed by atoms with Crippen molar-refractivity contribution < 1.29 is 0 Å². The van der Waals surface area contributed by atoms with Crippen LogP contribution in [0.3, 0.4) is 0 Å². The minimum Gasteiger partial charge on any atom is -0.293 e. The van der Waals surface area contributed by atoms with Crippen LogP contribution in [-0.2, 0) is 6.42 Å². The minimum atomic E-state index is 0.164. The Bertz CT molecular complexity index is 2950. The zero-order chi connectivity index (χ0) is 38.8. The van der Waals surface area contributed by atoms with E-state index in [1.807, 2.05) is 25.2 Å². The van der Waals surface area contributed by atoms with Crippen LogP contribution in [0.15, 0.2) is 161 Å². The smallest absolute Gasteiger partial charge is 0.142 e. The molecule has 0 fully saturated rings. The van der Waals surface area contributed by atoms with Crippen molar-refractivity contribution in [1.82, 2.24) is 4.57 Å². The molecule has 0 radical (unpaired) electrons. The molecule has 5 heteroatoms. The molecule has 1 aliphatic carbocycles. The van der Waals surface area contributed by atoms with Crippen molar-refractivity contribution in [3.8, 4) is 22.3 Å². The fourth-order valence-corrected chi connectivity index (χ4v) is 9.68. The molecule has 0 spiro atoms. The normalized spacial score (nSPS) is 13.8. The van der Waals surface area contributed by atoms with Crippen LogP contribution in [0.5, 0.6) is 0 Å². The summed E-state index contributed by atoms with van der Waals surface area (Å²) in [6.07, 6.45) is 1.95. The molecule has 0 atom stereocenters. The van der Waals surface area contributed by atoms with Crippen molar-refractivity contribution in [2.45, 2.75) is 40.5 Å². The number of nitrogens with zero attached hydrogens (tertiary/aromatic N) is 3. The first-order valence-corrected chi connectivity index (χ1v) is 20.9. The third-order valence-corrected chi connectivity index (χ3v) is 11.7. The highest BCUT2D eigenvalue weighted by atomic mass is 35.5. The molecule has 10 rings (SSSR count). The molecule has 0 aliphatic heterocycles. The lowest BCUT2D eigenvalue weighted by atomic mass is 9.97. The van der Waals surface area contributed by atoms with Gasteiger partial charge in [-0.3, -0.25) is 9.56 Å². The molecule has 1 aliphatic rings. The predicted octanol–water partition coefficient (Wildman–Crippen LogP) is 15.2. The van der Waals surface area contributed by atoms with Gasteiger partial charge in [-0.15, -0.1) is 22.9 Å². The van der Waals surface area contributed by atoms with Gasteiger partial charge in [-0.25, -0.2) is 4.99 Å². The summed E-state index contributed by atoms with van der Waals surface area (Å²) in [5.74, 6) is 0.790. The van der Waals surface area contributed by atoms with Gasteiger partial charge in [0, 0.05) is 53.9 Å². The number of hydrogen-bond acceptors (Lipinski definition) is 3. The number of thiophene rings is 1. The summed E-state index contributed by atoms with van der Waals surface area (Å²) in [5.41, 5.74) is 11.3. The number of fused-ring (bicyclic) bond motifs is 11. The Morgan fingerprint density at radius 3 is 1.98 bits per heavy atom. The number of benzene rings is 7. The van der Waals surface area contributed by atoms with E-state index in [0.29, 0.717) is 6.42 Å². The largest absolute Gasteiger partial charge is 0.293 e. The lowest BCUT2D eigenvalue weighted by Crippen LogP contribution is -2.06. The van der Waals surface area contributed by atoms with Crippen LogP contribution >= 0.6 is 22.9 Å². The topological polar surface area (TPSA) is 29.6 Å². The van der Waals surface area contributed by atoms with Crippen molar-refractivity contribution in [1.29, 1.82) is 0 Å². The van der Waals surface area contributed by atoms with E-state index in [-0.39, 0.29) is 6.00 Å². The summed E-state index contributed by atoms with van der Waals surface area (Å²) in [6.45, 7) is 12.5. The van der Waals surface area contributed by atoms with Crippen molar-refractivity contribution in [2.75, 3.05) is 6.00 Å². The highest BCUT2D eigenvalue weighted by Gasteiger charge is 2.30. The van der Waals surface area contributed by atoms with E-state index >= 15 is 0 Å². The first-order valence-electron chi connectivity index (χ1n) is 19.5. The van der Waals surface area contributed by atoms with Crippen LogP contribution in [0.4, 0.5) is 0 Å². The second kappa shape index (κ2) is 16.1. The van der Waals surface area contributed by atoms with Crippen LogP contribution < -0.4 is 0 Å². The summed E-state index contributed by atoms with van der Waals surface area (Å²) in [6, 6.07) is 52.4. The SMILES string of the molecule is C=N/C(=C1/Cc2ccccc2/C1=N/CCl)n1c2ccc(-c3ccccc3)cc2c2c3ccccc3c3sc4c(-c5ccccc5)cccc4c3c21.CC.CCC. The van der Waals surface area contributed by atoms with Crippen molar-refractivity contribution in [2.24, 2.45) is 9.98 Å². The molecule has 7 aromatic carbocycles. The van der Waals surface area contributed by atoms with Crippen LogP contribution in [0.1, 0.15) is 45.2 Å². The minimum absolute atomic E-state index is 0.164. The highest BCUT2D eigenvalue weighted by Crippen LogP contribution is 2.50. The van der Waals surface area contributed by atoms with Gasteiger partial charge < -0.3 is 0 Å². The van der Waals surface area contributed by atoms with Crippen LogP contribution in [0.25, 0.3) is 80.8 Å². The molecule has 0 amide bonds. The van der Waals surface area contributed by atoms with Gasteiger partial charge in [0.15, 0.2) is 0 Å². The number of alkyl halides is 1. The lowest BCUT2D eigenvalue weighted by molar-refractivity contribution is 1.09. The van der Waals surface area contributed by atoms with Gasteiger partial charge in [0.25, 0.3) is 0 Å². The van der Waals surface area contributed by atoms with E-state index in [4.69, 9.17) is 21.6 Å². The van der Waals surface area contributed by atoms with Gasteiger partial charge in [-0.1, -0.05) is 168 Å². The van der Waals surface area contributed by atoms with E-state index in [9.17, 15) is 0 Å². The Balaban J connectivity index is 0.000000844. The summed E-state index contributed by atoms with van der Waals surface area (Å²) < 4.78 is 4.91. The van der Waals surface area contributed by atoms with E-state index < -0.39 is 0 Å². The zero-order valence-electron chi connectivity index (χ0n) is 32.3. The maximum absolute atomic E-state index is 6.35. The molecule has 0 bridgehead atoms. The Morgan fingerprint density at radius 2 is 1.27 bits per heavy atom. The second-order valence-electron chi connectivity index (χ2n) is 13.7. The Kier molecular flexibility index (Phi) is 10.7. The quantitative estimate of drug-likeness (QED) is 0.0949. The summed E-state index contributed by atoms with van der Waals surface area (Å²) in [7, 11) is 0. The van der Waals surface area contributed by atoms with Gasteiger partial charge in [-0.05, 0) is 52.1 Å². The first kappa shape index (κ1) is 37.1. The molecule has 276 valence electrons. The van der Waals surface area contributed by atoms with Gasteiger partial charge in [0.1, 0.15) is 11.8 Å². The molecular weight excluding hydrogens is 722 g/mol. The van der Waals surface area contributed by atoms with Gasteiger partial charge in [0.05, 0.1) is 16.7 Å². The number of allylic oxidation sites excluding steroid dienone is 1. The van der Waals surface area contributed by atoms with E-state index in [0.717, 1.165) is 33.7 Å². The lowest BCUT2D eigenvalue weighted by Gasteiger charge is -2.14. The van der Waals surface area contributed by atoms with E-state index in [1.165, 1.54) is 76.0 Å². The molecule has 56 heavy (non-hydrogen) atoms. The van der Waals surface area contributed by atoms with Crippen molar-refractivity contribution in [3.63, 3.8) is 0 Å². The number of aromatic nitrogens is 1. The molecule has 2 aromatic heterocycles. The number of rotatable bonds is 5. The molecule has 9 aromatic rings. The maximum atomic E-state index is 6.35. The monoisotopic (exact) mass is 765 g/mol. The Morgan fingerprint density at radius 1 is 0.643 bits per heavy atom. The van der Waals surface area contributed by atoms with Gasteiger partial charge >= 0.3 is 0 Å². The Labute approximate surface area is 337 Å². The predicted molar refractivity (Wildman–Crippen MR) is 248 cm³/mol. The molecule has 0 N–H and O–H groups in total. The zero-order valence-corrected chi connectivity index (χ0v) is 33.9. The number of aliphatic imine (C=N–C) groups is 2. The third kappa shape index (κ3) is 6.14.